The molecule has 0 unspecified atom stereocenters. The Morgan fingerprint density at radius 1 is 1.37 bits per heavy atom. The second-order valence-electron chi connectivity index (χ2n) is 4.96. The van der Waals surface area contributed by atoms with Crippen LogP contribution in [0.3, 0.4) is 0 Å². The van der Waals surface area contributed by atoms with Gasteiger partial charge in [-0.3, -0.25) is 4.79 Å². The van der Waals surface area contributed by atoms with Gasteiger partial charge in [-0.2, -0.15) is 0 Å². The first-order chi connectivity index (χ1) is 9.24. The topological polar surface area (TPSA) is 33.2 Å². The summed E-state index contributed by atoms with van der Waals surface area (Å²) in [6, 6.07) is 8.20. The van der Waals surface area contributed by atoms with Crippen LogP contribution in [-0.2, 0) is 6.54 Å². The lowest BCUT2D eigenvalue weighted by Crippen LogP contribution is -2.32. The van der Waals surface area contributed by atoms with Crippen molar-refractivity contribution in [1.29, 1.82) is 0 Å². The van der Waals surface area contributed by atoms with E-state index in [1.54, 1.807) is 17.5 Å². The van der Waals surface area contributed by atoms with Gasteiger partial charge in [0.25, 0.3) is 5.91 Å². The van der Waals surface area contributed by atoms with Crippen molar-refractivity contribution in [2.24, 2.45) is 0 Å². The molecule has 1 aromatic heterocycles. The number of hydrogen-bond donors (Lipinski definition) is 0. The third-order valence-corrected chi connectivity index (χ3v) is 4.10. The van der Waals surface area contributed by atoms with Crippen molar-refractivity contribution in [1.82, 2.24) is 9.88 Å². The first kappa shape index (κ1) is 12.4. The number of rotatable bonds is 4. The van der Waals surface area contributed by atoms with Crippen molar-refractivity contribution in [3.63, 3.8) is 0 Å². The minimum Gasteiger partial charge on any atom is -0.329 e. The smallest absolute Gasteiger partial charge is 0.254 e. The summed E-state index contributed by atoms with van der Waals surface area (Å²) >= 11 is 1.61. The van der Waals surface area contributed by atoms with E-state index >= 15 is 0 Å². The Bertz CT molecular complexity index is 558. The summed E-state index contributed by atoms with van der Waals surface area (Å²) in [4.78, 5) is 18.8. The zero-order chi connectivity index (χ0) is 13.2. The molecule has 0 bridgehead atoms. The van der Waals surface area contributed by atoms with E-state index in [2.05, 4.69) is 4.98 Å². The average molecular weight is 272 g/mol. The number of amides is 1. The van der Waals surface area contributed by atoms with Gasteiger partial charge in [0, 0.05) is 23.2 Å². The van der Waals surface area contributed by atoms with Crippen LogP contribution in [0.2, 0.25) is 0 Å². The molecule has 1 aliphatic rings. The van der Waals surface area contributed by atoms with Crippen molar-refractivity contribution in [3.8, 4) is 0 Å². The number of hydrogen-bond acceptors (Lipinski definition) is 3. The molecule has 1 aromatic carbocycles. The van der Waals surface area contributed by atoms with Gasteiger partial charge in [0.2, 0.25) is 0 Å². The van der Waals surface area contributed by atoms with Crippen LogP contribution < -0.4 is 0 Å². The van der Waals surface area contributed by atoms with E-state index in [0.29, 0.717) is 12.6 Å². The zero-order valence-corrected chi connectivity index (χ0v) is 11.7. The van der Waals surface area contributed by atoms with Crippen LogP contribution in [0.5, 0.6) is 0 Å². The quantitative estimate of drug-likeness (QED) is 0.856. The van der Waals surface area contributed by atoms with Gasteiger partial charge in [0.05, 0.1) is 6.54 Å². The molecule has 0 aliphatic heterocycles. The standard InChI is InChI=1S/C15H16N2OS/c1-11-2-4-12(5-3-11)15(18)17(13-6-7-13)10-14-16-8-9-19-14/h2-5,8-9,13H,6-7,10H2,1H3. The Morgan fingerprint density at radius 3 is 2.68 bits per heavy atom. The predicted molar refractivity (Wildman–Crippen MR) is 76.2 cm³/mol. The molecule has 19 heavy (non-hydrogen) atoms. The molecule has 3 rings (SSSR count). The molecule has 0 N–H and O–H groups in total. The van der Waals surface area contributed by atoms with Gasteiger partial charge < -0.3 is 4.90 Å². The van der Waals surface area contributed by atoms with Crippen molar-refractivity contribution in [3.05, 3.63) is 52.0 Å². The van der Waals surface area contributed by atoms with E-state index in [9.17, 15) is 4.79 Å². The SMILES string of the molecule is Cc1ccc(C(=O)N(Cc2nccs2)C2CC2)cc1. The molecule has 3 nitrogen and oxygen atoms in total. The third-order valence-electron chi connectivity index (χ3n) is 3.34. The van der Waals surface area contributed by atoms with Crippen LogP contribution in [-0.4, -0.2) is 21.8 Å². The van der Waals surface area contributed by atoms with Crippen molar-refractivity contribution in [2.75, 3.05) is 0 Å². The zero-order valence-electron chi connectivity index (χ0n) is 10.9. The molecule has 1 fully saturated rings. The fourth-order valence-corrected chi connectivity index (χ4v) is 2.71. The Hall–Kier alpha value is -1.68. The second-order valence-corrected chi connectivity index (χ2v) is 5.94. The van der Waals surface area contributed by atoms with Crippen molar-refractivity contribution >= 4 is 17.2 Å². The summed E-state index contributed by atoms with van der Waals surface area (Å²) in [6.07, 6.45) is 4.02. The number of nitrogens with zero attached hydrogens (tertiary/aromatic N) is 2. The van der Waals surface area contributed by atoms with Crippen LogP contribution >= 0.6 is 11.3 Å². The molecule has 1 amide bonds. The molecule has 0 spiro atoms. The molecule has 1 aliphatic carbocycles. The number of aryl methyl sites for hydroxylation is 1. The van der Waals surface area contributed by atoms with E-state index in [4.69, 9.17) is 0 Å². The fourth-order valence-electron chi connectivity index (χ4n) is 2.09. The summed E-state index contributed by atoms with van der Waals surface area (Å²) < 4.78 is 0. The predicted octanol–water partition coefficient (Wildman–Crippen LogP) is 3.26. The van der Waals surface area contributed by atoms with Crippen LogP contribution in [0, 0.1) is 6.92 Å². The lowest BCUT2D eigenvalue weighted by atomic mass is 10.1. The van der Waals surface area contributed by atoms with Crippen LogP contribution in [0.25, 0.3) is 0 Å². The van der Waals surface area contributed by atoms with Crippen molar-refractivity contribution in [2.45, 2.75) is 32.4 Å². The Kier molecular flexibility index (Phi) is 3.34. The molecular formula is C15H16N2OS. The Morgan fingerprint density at radius 2 is 2.11 bits per heavy atom. The summed E-state index contributed by atoms with van der Waals surface area (Å²) in [7, 11) is 0. The lowest BCUT2D eigenvalue weighted by Gasteiger charge is -2.21. The molecule has 98 valence electrons. The number of carbonyl (C=O) groups is 1. The molecule has 1 heterocycles. The van der Waals surface area contributed by atoms with Gasteiger partial charge in [-0.05, 0) is 31.9 Å². The minimum atomic E-state index is 0.123. The Balaban J connectivity index is 1.79. The van der Waals surface area contributed by atoms with E-state index < -0.39 is 0 Å². The summed E-state index contributed by atoms with van der Waals surface area (Å²) in [5.74, 6) is 0.123. The highest BCUT2D eigenvalue weighted by molar-refractivity contribution is 7.09. The van der Waals surface area contributed by atoms with Gasteiger partial charge in [-0.25, -0.2) is 4.98 Å². The molecule has 4 heteroatoms. The van der Waals surface area contributed by atoms with E-state index in [1.165, 1.54) is 5.56 Å². The lowest BCUT2D eigenvalue weighted by molar-refractivity contribution is 0.0730. The van der Waals surface area contributed by atoms with E-state index in [0.717, 1.165) is 23.4 Å². The molecule has 0 radical (unpaired) electrons. The normalized spacial score (nSPS) is 14.4. The van der Waals surface area contributed by atoms with Crippen LogP contribution in [0.4, 0.5) is 0 Å². The summed E-state index contributed by atoms with van der Waals surface area (Å²) in [5.41, 5.74) is 1.95. The van der Waals surface area contributed by atoms with Gasteiger partial charge in [-0.1, -0.05) is 17.7 Å². The maximum atomic E-state index is 12.6. The number of carbonyl (C=O) groups excluding carboxylic acids is 1. The highest BCUT2D eigenvalue weighted by Gasteiger charge is 2.33. The minimum absolute atomic E-state index is 0.123. The van der Waals surface area contributed by atoms with Crippen molar-refractivity contribution < 1.29 is 4.79 Å². The van der Waals surface area contributed by atoms with E-state index in [-0.39, 0.29) is 5.91 Å². The molecule has 0 saturated heterocycles. The van der Waals surface area contributed by atoms with Gasteiger partial charge >= 0.3 is 0 Å². The summed E-state index contributed by atoms with van der Waals surface area (Å²) in [5, 5.41) is 2.96. The first-order valence-corrected chi connectivity index (χ1v) is 7.38. The average Bonchev–Trinajstić information content (AvgIpc) is 3.13. The van der Waals surface area contributed by atoms with E-state index in [1.807, 2.05) is 41.5 Å². The molecule has 1 saturated carbocycles. The fraction of sp³-hybridized carbons (Fsp3) is 0.333. The molecular weight excluding hydrogens is 256 g/mol. The first-order valence-electron chi connectivity index (χ1n) is 6.50. The largest absolute Gasteiger partial charge is 0.329 e. The van der Waals surface area contributed by atoms with Crippen LogP contribution in [0.15, 0.2) is 35.8 Å². The summed E-state index contributed by atoms with van der Waals surface area (Å²) in [6.45, 7) is 2.66. The highest BCUT2D eigenvalue weighted by atomic mass is 32.1. The van der Waals surface area contributed by atoms with Crippen LogP contribution in [0.1, 0.15) is 33.8 Å². The number of thiazole rings is 1. The monoisotopic (exact) mass is 272 g/mol. The Labute approximate surface area is 116 Å². The second kappa shape index (κ2) is 5.13. The number of aromatic nitrogens is 1. The van der Waals surface area contributed by atoms with Gasteiger partial charge in [0.15, 0.2) is 0 Å². The maximum Gasteiger partial charge on any atom is 0.254 e. The third kappa shape index (κ3) is 2.84. The maximum absolute atomic E-state index is 12.6. The molecule has 2 aromatic rings. The molecule has 0 atom stereocenters. The van der Waals surface area contributed by atoms with Gasteiger partial charge in [0.1, 0.15) is 5.01 Å². The van der Waals surface area contributed by atoms with Gasteiger partial charge in [-0.15, -0.1) is 11.3 Å². The highest BCUT2D eigenvalue weighted by Crippen LogP contribution is 2.30. The number of benzene rings is 1.